The Hall–Kier alpha value is -1.91. The Balaban J connectivity index is 3.19. The van der Waals surface area contributed by atoms with Crippen molar-refractivity contribution in [2.75, 3.05) is 12.8 Å². The molecule has 0 aliphatic rings. The molecule has 0 unspecified atom stereocenters. The molecule has 0 aliphatic carbocycles. The summed E-state index contributed by atoms with van der Waals surface area (Å²) in [6.45, 7) is 5.42. The summed E-state index contributed by atoms with van der Waals surface area (Å²) in [4.78, 5) is 18.9. The highest BCUT2D eigenvalue weighted by Crippen LogP contribution is 2.14. The number of rotatable bonds is 2. The van der Waals surface area contributed by atoms with Crippen LogP contribution in [0.2, 0.25) is 0 Å². The molecule has 0 aromatic carbocycles. The molecule has 0 saturated heterocycles. The Kier molecular flexibility index (Phi) is 2.81. The van der Waals surface area contributed by atoms with E-state index in [9.17, 15) is 4.79 Å². The van der Waals surface area contributed by atoms with Crippen LogP contribution in [-0.2, 0) is 4.74 Å². The van der Waals surface area contributed by atoms with Crippen LogP contribution < -0.4 is 5.73 Å². The first-order valence-corrected chi connectivity index (χ1v) is 3.93. The number of carbonyl (C=O) groups is 1. The van der Waals surface area contributed by atoms with Gasteiger partial charge in [0.05, 0.1) is 13.3 Å². The molecule has 1 aromatic rings. The van der Waals surface area contributed by atoms with E-state index < -0.39 is 5.97 Å². The second-order valence-electron chi connectivity index (χ2n) is 2.76. The van der Waals surface area contributed by atoms with E-state index in [0.717, 1.165) is 0 Å². The minimum Gasteiger partial charge on any atom is -0.464 e. The van der Waals surface area contributed by atoms with Gasteiger partial charge in [0.1, 0.15) is 11.5 Å². The van der Waals surface area contributed by atoms with Crippen molar-refractivity contribution in [2.45, 2.75) is 6.92 Å². The lowest BCUT2D eigenvalue weighted by molar-refractivity contribution is 0.0593. The molecule has 0 amide bonds. The van der Waals surface area contributed by atoms with Gasteiger partial charge in [-0.05, 0) is 12.5 Å². The molecule has 74 valence electrons. The quantitative estimate of drug-likeness (QED) is 0.705. The summed E-state index contributed by atoms with van der Waals surface area (Å²) in [7, 11) is 1.28. The second-order valence-corrected chi connectivity index (χ2v) is 2.76. The molecule has 0 radical (unpaired) electrons. The minimum absolute atomic E-state index is 0.125. The van der Waals surface area contributed by atoms with Crippen molar-refractivity contribution in [3.8, 4) is 0 Å². The van der Waals surface area contributed by atoms with Crippen molar-refractivity contribution >= 4 is 17.4 Å². The maximum atomic E-state index is 11.1. The first-order valence-electron chi connectivity index (χ1n) is 3.93. The zero-order chi connectivity index (χ0) is 10.7. The number of aromatic nitrogens is 2. The monoisotopic (exact) mass is 193 g/mol. The number of anilines is 1. The molecule has 5 nitrogen and oxygen atoms in total. The molecular weight excluding hydrogens is 182 g/mol. The van der Waals surface area contributed by atoms with Crippen LogP contribution >= 0.6 is 0 Å². The predicted molar refractivity (Wildman–Crippen MR) is 52.5 cm³/mol. The highest BCUT2D eigenvalue weighted by molar-refractivity contribution is 5.87. The van der Waals surface area contributed by atoms with Crippen molar-refractivity contribution in [3.63, 3.8) is 0 Å². The van der Waals surface area contributed by atoms with E-state index in [1.54, 1.807) is 6.92 Å². The number of allylic oxidation sites excluding steroid dienone is 1. The normalized spacial score (nSPS) is 9.57. The Labute approximate surface area is 81.6 Å². The summed E-state index contributed by atoms with van der Waals surface area (Å²) in [5, 5.41) is 0. The molecule has 0 saturated carbocycles. The fraction of sp³-hybridized carbons (Fsp3) is 0.222. The van der Waals surface area contributed by atoms with E-state index in [1.165, 1.54) is 13.3 Å². The van der Waals surface area contributed by atoms with Crippen LogP contribution in [0.5, 0.6) is 0 Å². The summed E-state index contributed by atoms with van der Waals surface area (Å²) in [6.07, 6.45) is 1.27. The van der Waals surface area contributed by atoms with Crippen molar-refractivity contribution in [1.82, 2.24) is 9.97 Å². The fourth-order valence-electron chi connectivity index (χ4n) is 0.915. The summed E-state index contributed by atoms with van der Waals surface area (Å²) in [6, 6.07) is 0. The van der Waals surface area contributed by atoms with Gasteiger partial charge in [-0.3, -0.25) is 0 Å². The van der Waals surface area contributed by atoms with Crippen molar-refractivity contribution in [3.05, 3.63) is 24.2 Å². The van der Waals surface area contributed by atoms with Crippen molar-refractivity contribution < 1.29 is 9.53 Å². The fourth-order valence-corrected chi connectivity index (χ4v) is 0.915. The second kappa shape index (κ2) is 3.87. The zero-order valence-electron chi connectivity index (χ0n) is 8.07. The van der Waals surface area contributed by atoms with Gasteiger partial charge in [-0.1, -0.05) is 6.58 Å². The van der Waals surface area contributed by atoms with Gasteiger partial charge in [-0.15, -0.1) is 0 Å². The van der Waals surface area contributed by atoms with E-state index >= 15 is 0 Å². The summed E-state index contributed by atoms with van der Waals surface area (Å²) >= 11 is 0. The highest BCUT2D eigenvalue weighted by atomic mass is 16.5. The van der Waals surface area contributed by atoms with E-state index in [4.69, 9.17) is 5.73 Å². The molecule has 0 spiro atoms. The average Bonchev–Trinajstić information content (AvgIpc) is 2.17. The lowest BCUT2D eigenvalue weighted by Crippen LogP contribution is -2.09. The average molecular weight is 193 g/mol. The van der Waals surface area contributed by atoms with Crippen LogP contribution in [0.25, 0.3) is 5.57 Å². The summed E-state index contributed by atoms with van der Waals surface area (Å²) < 4.78 is 4.50. The van der Waals surface area contributed by atoms with Gasteiger partial charge in [0.2, 0.25) is 0 Å². The standard InChI is InChI=1S/C9H11N3O2/c1-5(2)7-8(10)11-4-6(12-7)9(13)14-3/h4H,1H2,2-3H3,(H2,10,11). The maximum Gasteiger partial charge on any atom is 0.358 e. The molecule has 14 heavy (non-hydrogen) atoms. The number of hydrogen-bond acceptors (Lipinski definition) is 5. The molecule has 0 atom stereocenters. The number of ether oxygens (including phenoxy) is 1. The largest absolute Gasteiger partial charge is 0.464 e. The first-order chi connectivity index (χ1) is 6.56. The SMILES string of the molecule is C=C(C)c1nc(C(=O)OC)cnc1N. The number of nitrogen functional groups attached to an aromatic ring is 1. The van der Waals surface area contributed by atoms with E-state index in [-0.39, 0.29) is 11.5 Å². The molecular formula is C9H11N3O2. The lowest BCUT2D eigenvalue weighted by Gasteiger charge is -2.04. The first kappa shape index (κ1) is 10.2. The molecule has 1 heterocycles. The third-order valence-electron chi connectivity index (χ3n) is 1.60. The van der Waals surface area contributed by atoms with Gasteiger partial charge >= 0.3 is 5.97 Å². The van der Waals surface area contributed by atoms with Gasteiger partial charge in [-0.25, -0.2) is 14.8 Å². The van der Waals surface area contributed by atoms with Crippen LogP contribution in [0.3, 0.4) is 0 Å². The molecule has 0 fully saturated rings. The van der Waals surface area contributed by atoms with Gasteiger partial charge in [0.15, 0.2) is 5.69 Å². The molecule has 0 bridgehead atoms. The van der Waals surface area contributed by atoms with E-state index in [1.807, 2.05) is 0 Å². The number of carbonyl (C=O) groups excluding carboxylic acids is 1. The van der Waals surface area contributed by atoms with Crippen molar-refractivity contribution in [2.24, 2.45) is 0 Å². The molecule has 1 aromatic heterocycles. The van der Waals surface area contributed by atoms with Crippen LogP contribution in [0.4, 0.5) is 5.82 Å². The van der Waals surface area contributed by atoms with Gasteiger partial charge < -0.3 is 10.5 Å². The molecule has 0 aliphatic heterocycles. The number of hydrogen-bond donors (Lipinski definition) is 1. The number of nitrogens with zero attached hydrogens (tertiary/aromatic N) is 2. The van der Waals surface area contributed by atoms with Crippen LogP contribution in [-0.4, -0.2) is 23.0 Å². The Morgan fingerprint density at radius 2 is 2.29 bits per heavy atom. The van der Waals surface area contributed by atoms with E-state index in [0.29, 0.717) is 11.3 Å². The number of nitrogens with two attached hydrogens (primary N) is 1. The maximum absolute atomic E-state index is 11.1. The smallest absolute Gasteiger partial charge is 0.358 e. The van der Waals surface area contributed by atoms with Gasteiger partial charge in [0, 0.05) is 0 Å². The highest BCUT2D eigenvalue weighted by Gasteiger charge is 2.11. The topological polar surface area (TPSA) is 78.1 Å². The van der Waals surface area contributed by atoms with Crippen LogP contribution in [0, 0.1) is 0 Å². The number of esters is 1. The minimum atomic E-state index is -0.542. The van der Waals surface area contributed by atoms with Crippen LogP contribution in [0.15, 0.2) is 12.8 Å². The van der Waals surface area contributed by atoms with Gasteiger partial charge in [-0.2, -0.15) is 0 Å². The third-order valence-corrected chi connectivity index (χ3v) is 1.60. The molecule has 2 N–H and O–H groups in total. The lowest BCUT2D eigenvalue weighted by atomic mass is 10.2. The van der Waals surface area contributed by atoms with E-state index in [2.05, 4.69) is 21.3 Å². The molecule has 1 rings (SSSR count). The van der Waals surface area contributed by atoms with Crippen molar-refractivity contribution in [1.29, 1.82) is 0 Å². The molecule has 5 heteroatoms. The summed E-state index contributed by atoms with van der Waals surface area (Å²) in [5.41, 5.74) is 6.75. The Bertz CT molecular complexity index is 388. The number of methoxy groups -OCH3 is 1. The summed E-state index contributed by atoms with van der Waals surface area (Å²) in [5.74, 6) is -0.287. The van der Waals surface area contributed by atoms with Crippen LogP contribution in [0.1, 0.15) is 23.1 Å². The Morgan fingerprint density at radius 1 is 1.64 bits per heavy atom. The third kappa shape index (κ3) is 1.87. The predicted octanol–water partition coefficient (Wildman–Crippen LogP) is 0.879. The Morgan fingerprint density at radius 3 is 2.79 bits per heavy atom. The zero-order valence-corrected chi connectivity index (χ0v) is 8.07. The van der Waals surface area contributed by atoms with Gasteiger partial charge in [0.25, 0.3) is 0 Å².